The molecule has 0 aliphatic carbocycles. The number of hydrogen-bond acceptors (Lipinski definition) is 7. The maximum Gasteiger partial charge on any atom is 0.274 e. The molecule has 1 aromatic carbocycles. The highest BCUT2D eigenvalue weighted by Crippen LogP contribution is 2.29. The van der Waals surface area contributed by atoms with Gasteiger partial charge in [0.25, 0.3) is 11.8 Å². The SMILES string of the molecule is Cc1noc([C@@H]2[C@@H](C)OCCN2C(=O)c2cnc3ccccc3n2)n1. The van der Waals surface area contributed by atoms with Gasteiger partial charge in [-0.05, 0) is 26.0 Å². The van der Waals surface area contributed by atoms with Gasteiger partial charge in [-0.1, -0.05) is 17.3 Å². The van der Waals surface area contributed by atoms with Gasteiger partial charge >= 0.3 is 0 Å². The minimum atomic E-state index is -0.448. The first-order valence-electron chi connectivity index (χ1n) is 8.08. The highest BCUT2D eigenvalue weighted by atomic mass is 16.5. The number of rotatable bonds is 2. The van der Waals surface area contributed by atoms with Crippen LogP contribution in [-0.2, 0) is 4.74 Å². The first kappa shape index (κ1) is 15.6. The molecule has 4 rings (SSSR count). The molecule has 0 N–H and O–H groups in total. The molecule has 1 saturated heterocycles. The maximum atomic E-state index is 13.1. The molecule has 0 bridgehead atoms. The summed E-state index contributed by atoms with van der Waals surface area (Å²) in [5, 5.41) is 3.83. The van der Waals surface area contributed by atoms with Crippen molar-refractivity contribution in [3.63, 3.8) is 0 Å². The molecule has 1 fully saturated rings. The second kappa shape index (κ2) is 6.21. The normalized spacial score (nSPS) is 20.8. The lowest BCUT2D eigenvalue weighted by Gasteiger charge is -2.37. The van der Waals surface area contributed by atoms with E-state index in [9.17, 15) is 4.79 Å². The van der Waals surface area contributed by atoms with E-state index < -0.39 is 6.04 Å². The van der Waals surface area contributed by atoms with Crippen molar-refractivity contribution >= 4 is 16.9 Å². The summed E-state index contributed by atoms with van der Waals surface area (Å²) in [6.07, 6.45) is 1.24. The number of carbonyl (C=O) groups is 1. The third kappa shape index (κ3) is 2.85. The monoisotopic (exact) mass is 339 g/mol. The number of amides is 1. The summed E-state index contributed by atoms with van der Waals surface area (Å²) in [6.45, 7) is 4.49. The Morgan fingerprint density at radius 2 is 2.04 bits per heavy atom. The van der Waals surface area contributed by atoms with Crippen LogP contribution in [0.1, 0.15) is 35.2 Å². The van der Waals surface area contributed by atoms with Gasteiger partial charge in [-0.25, -0.2) is 4.98 Å². The zero-order valence-corrected chi connectivity index (χ0v) is 13.9. The molecule has 0 unspecified atom stereocenters. The molecule has 1 aliphatic heterocycles. The molecule has 128 valence electrons. The zero-order valence-electron chi connectivity index (χ0n) is 13.9. The third-order valence-electron chi connectivity index (χ3n) is 4.22. The highest BCUT2D eigenvalue weighted by Gasteiger charge is 2.38. The lowest BCUT2D eigenvalue weighted by Crippen LogP contribution is -2.47. The van der Waals surface area contributed by atoms with E-state index in [1.54, 1.807) is 11.8 Å². The van der Waals surface area contributed by atoms with Gasteiger partial charge in [-0.15, -0.1) is 0 Å². The van der Waals surface area contributed by atoms with Crippen LogP contribution in [0.2, 0.25) is 0 Å². The van der Waals surface area contributed by atoms with E-state index in [1.807, 2.05) is 31.2 Å². The van der Waals surface area contributed by atoms with Crippen LogP contribution in [-0.4, -0.2) is 50.2 Å². The van der Waals surface area contributed by atoms with Crippen LogP contribution in [0.5, 0.6) is 0 Å². The van der Waals surface area contributed by atoms with Gasteiger partial charge in [-0.3, -0.25) is 9.78 Å². The summed E-state index contributed by atoms with van der Waals surface area (Å²) in [4.78, 5) is 27.8. The molecule has 8 nitrogen and oxygen atoms in total. The van der Waals surface area contributed by atoms with Crippen LogP contribution >= 0.6 is 0 Å². The predicted molar refractivity (Wildman–Crippen MR) is 87.8 cm³/mol. The number of nitrogens with zero attached hydrogens (tertiary/aromatic N) is 5. The second-order valence-electron chi connectivity index (χ2n) is 5.94. The Labute approximate surface area is 143 Å². The predicted octanol–water partition coefficient (Wildman–Crippen LogP) is 1.92. The Kier molecular flexibility index (Phi) is 3.89. The Balaban J connectivity index is 1.70. The molecular formula is C17H17N5O3. The van der Waals surface area contributed by atoms with Gasteiger partial charge in [0.15, 0.2) is 5.82 Å². The zero-order chi connectivity index (χ0) is 17.4. The number of aromatic nitrogens is 4. The lowest BCUT2D eigenvalue weighted by atomic mass is 10.1. The van der Waals surface area contributed by atoms with E-state index in [1.165, 1.54) is 6.20 Å². The molecule has 1 amide bonds. The van der Waals surface area contributed by atoms with Crippen molar-refractivity contribution in [2.75, 3.05) is 13.2 Å². The number of fused-ring (bicyclic) bond motifs is 1. The number of carbonyl (C=O) groups excluding carboxylic acids is 1. The van der Waals surface area contributed by atoms with E-state index in [0.717, 1.165) is 5.52 Å². The fraction of sp³-hybridized carbons (Fsp3) is 0.353. The quantitative estimate of drug-likeness (QED) is 0.704. The van der Waals surface area contributed by atoms with E-state index in [2.05, 4.69) is 20.1 Å². The number of aryl methyl sites for hydroxylation is 1. The van der Waals surface area contributed by atoms with E-state index in [-0.39, 0.29) is 17.7 Å². The summed E-state index contributed by atoms with van der Waals surface area (Å²) < 4.78 is 11.0. The van der Waals surface area contributed by atoms with Crippen LogP contribution in [0.15, 0.2) is 35.0 Å². The smallest absolute Gasteiger partial charge is 0.274 e. The fourth-order valence-corrected chi connectivity index (χ4v) is 3.02. The fourth-order valence-electron chi connectivity index (χ4n) is 3.02. The van der Waals surface area contributed by atoms with E-state index in [4.69, 9.17) is 9.26 Å². The van der Waals surface area contributed by atoms with Gasteiger partial charge in [0.05, 0.1) is 29.9 Å². The van der Waals surface area contributed by atoms with Crippen molar-refractivity contribution in [1.82, 2.24) is 25.0 Å². The maximum absolute atomic E-state index is 13.1. The molecule has 8 heteroatoms. The summed E-state index contributed by atoms with van der Waals surface area (Å²) in [6, 6.07) is 7.00. The molecule has 3 heterocycles. The van der Waals surface area contributed by atoms with Gasteiger partial charge in [-0.2, -0.15) is 4.98 Å². The Hall–Kier alpha value is -2.87. The summed E-state index contributed by atoms with van der Waals surface area (Å²) in [7, 11) is 0. The topological polar surface area (TPSA) is 94.2 Å². The Bertz CT molecular complexity index is 925. The minimum Gasteiger partial charge on any atom is -0.374 e. The molecule has 1 aliphatic rings. The van der Waals surface area contributed by atoms with Crippen LogP contribution in [0.4, 0.5) is 0 Å². The Morgan fingerprint density at radius 1 is 1.24 bits per heavy atom. The molecular weight excluding hydrogens is 322 g/mol. The van der Waals surface area contributed by atoms with Crippen LogP contribution in [0, 0.1) is 6.92 Å². The van der Waals surface area contributed by atoms with Crippen LogP contribution < -0.4 is 0 Å². The van der Waals surface area contributed by atoms with Crippen LogP contribution in [0.25, 0.3) is 11.0 Å². The molecule has 0 spiro atoms. The molecule has 2 aromatic heterocycles. The molecule has 3 aromatic rings. The highest BCUT2D eigenvalue weighted by molar-refractivity contribution is 5.94. The van der Waals surface area contributed by atoms with Gasteiger partial charge < -0.3 is 14.2 Å². The second-order valence-corrected chi connectivity index (χ2v) is 5.94. The van der Waals surface area contributed by atoms with Gasteiger partial charge in [0, 0.05) is 6.54 Å². The Morgan fingerprint density at radius 3 is 2.80 bits per heavy atom. The summed E-state index contributed by atoms with van der Waals surface area (Å²) >= 11 is 0. The average Bonchev–Trinajstić information content (AvgIpc) is 3.06. The van der Waals surface area contributed by atoms with Crippen molar-refractivity contribution in [2.24, 2.45) is 0 Å². The number of ether oxygens (including phenoxy) is 1. The first-order chi connectivity index (χ1) is 12.1. The van der Waals surface area contributed by atoms with Crippen molar-refractivity contribution < 1.29 is 14.1 Å². The summed E-state index contributed by atoms with van der Waals surface area (Å²) in [5.41, 5.74) is 1.72. The van der Waals surface area contributed by atoms with Gasteiger partial charge in [0.1, 0.15) is 11.7 Å². The van der Waals surface area contributed by atoms with E-state index >= 15 is 0 Å². The third-order valence-corrected chi connectivity index (χ3v) is 4.22. The van der Waals surface area contributed by atoms with Gasteiger partial charge in [0.2, 0.25) is 0 Å². The number of para-hydroxylation sites is 2. The lowest BCUT2D eigenvalue weighted by molar-refractivity contribution is -0.0602. The first-order valence-corrected chi connectivity index (χ1v) is 8.08. The molecule has 25 heavy (non-hydrogen) atoms. The van der Waals surface area contributed by atoms with Crippen LogP contribution in [0.3, 0.4) is 0 Å². The van der Waals surface area contributed by atoms with Crippen molar-refractivity contribution in [3.8, 4) is 0 Å². The number of benzene rings is 1. The molecule has 2 atom stereocenters. The standard InChI is InChI=1S/C17H17N5O3/c1-10-15(16-19-11(2)21-25-16)22(7-8-24-10)17(23)14-9-18-12-5-3-4-6-13(12)20-14/h3-6,9-10,15H,7-8H2,1-2H3/t10-,15+/m1/s1. The molecule has 0 saturated carbocycles. The largest absolute Gasteiger partial charge is 0.374 e. The van der Waals surface area contributed by atoms with Crippen molar-refractivity contribution in [2.45, 2.75) is 26.0 Å². The summed E-state index contributed by atoms with van der Waals surface area (Å²) in [5.74, 6) is 0.659. The van der Waals surface area contributed by atoms with E-state index in [0.29, 0.717) is 30.4 Å². The molecule has 0 radical (unpaired) electrons. The number of hydrogen-bond donors (Lipinski definition) is 0. The number of morpholine rings is 1. The minimum absolute atomic E-state index is 0.228. The van der Waals surface area contributed by atoms with Crippen molar-refractivity contribution in [1.29, 1.82) is 0 Å². The van der Waals surface area contributed by atoms with Crippen molar-refractivity contribution in [3.05, 3.63) is 47.9 Å². The average molecular weight is 339 g/mol.